The molecule has 2 aliphatic heterocycles. The molecule has 2 aromatic rings. The van der Waals surface area contributed by atoms with E-state index < -0.39 is 0 Å². The predicted molar refractivity (Wildman–Crippen MR) is 92.9 cm³/mol. The van der Waals surface area contributed by atoms with Crippen molar-refractivity contribution in [3.05, 3.63) is 34.2 Å². The van der Waals surface area contributed by atoms with Crippen LogP contribution in [0.15, 0.2) is 23.0 Å². The van der Waals surface area contributed by atoms with Crippen molar-refractivity contribution in [1.82, 2.24) is 19.8 Å². The molecule has 5 heteroatoms. The molecular formula is C18H26N4O. The second-order valence-corrected chi connectivity index (χ2v) is 7.17. The first-order valence-corrected chi connectivity index (χ1v) is 8.84. The van der Waals surface area contributed by atoms with Gasteiger partial charge in [0.05, 0.1) is 11.0 Å². The molecule has 0 unspecified atom stereocenters. The molecule has 2 N–H and O–H groups in total. The SMILES string of the molecule is CN(CCC1CCNCC1)[C@@H]1Cc2cccc3[nH]c(=O)n(c23)C1. The summed E-state index contributed by atoms with van der Waals surface area (Å²) in [6.45, 7) is 4.27. The smallest absolute Gasteiger partial charge is 0.317 e. The third-order valence-corrected chi connectivity index (χ3v) is 5.70. The maximum Gasteiger partial charge on any atom is 0.326 e. The summed E-state index contributed by atoms with van der Waals surface area (Å²) in [6, 6.07) is 6.63. The number of aromatic amines is 1. The second-order valence-electron chi connectivity index (χ2n) is 7.17. The molecule has 4 rings (SSSR count). The zero-order valence-electron chi connectivity index (χ0n) is 13.8. The average molecular weight is 314 g/mol. The van der Waals surface area contributed by atoms with Gasteiger partial charge in [-0.1, -0.05) is 12.1 Å². The largest absolute Gasteiger partial charge is 0.326 e. The van der Waals surface area contributed by atoms with Gasteiger partial charge in [-0.2, -0.15) is 0 Å². The molecule has 3 heterocycles. The number of nitrogens with zero attached hydrogens (tertiary/aromatic N) is 2. The van der Waals surface area contributed by atoms with Crippen LogP contribution in [0.5, 0.6) is 0 Å². The lowest BCUT2D eigenvalue weighted by molar-refractivity contribution is 0.191. The van der Waals surface area contributed by atoms with Crippen LogP contribution in [-0.2, 0) is 13.0 Å². The molecule has 1 aromatic heterocycles. The fraction of sp³-hybridized carbons (Fsp3) is 0.611. The number of piperidine rings is 1. The molecule has 1 atom stereocenters. The number of hydrogen-bond acceptors (Lipinski definition) is 3. The summed E-state index contributed by atoms with van der Waals surface area (Å²) in [5.41, 5.74) is 3.42. The van der Waals surface area contributed by atoms with Gasteiger partial charge in [0.25, 0.3) is 0 Å². The summed E-state index contributed by atoms with van der Waals surface area (Å²) in [6.07, 6.45) is 4.92. The molecule has 0 radical (unpaired) electrons. The molecule has 124 valence electrons. The van der Waals surface area contributed by atoms with Crippen molar-refractivity contribution in [2.75, 3.05) is 26.7 Å². The molecule has 0 aliphatic carbocycles. The van der Waals surface area contributed by atoms with E-state index in [4.69, 9.17) is 0 Å². The molecular weight excluding hydrogens is 288 g/mol. The lowest BCUT2D eigenvalue weighted by Crippen LogP contribution is -2.42. The average Bonchev–Trinajstić information content (AvgIpc) is 2.91. The van der Waals surface area contributed by atoms with Crippen LogP contribution in [0, 0.1) is 5.92 Å². The Morgan fingerprint density at radius 1 is 1.30 bits per heavy atom. The minimum absolute atomic E-state index is 0.0314. The number of benzene rings is 1. The second kappa shape index (κ2) is 6.13. The maximum absolute atomic E-state index is 12.2. The van der Waals surface area contributed by atoms with Crippen LogP contribution in [0.2, 0.25) is 0 Å². The van der Waals surface area contributed by atoms with Gasteiger partial charge in [-0.3, -0.25) is 4.57 Å². The van der Waals surface area contributed by atoms with Crippen molar-refractivity contribution < 1.29 is 0 Å². The first-order chi connectivity index (χ1) is 11.2. The Balaban J connectivity index is 1.46. The highest BCUT2D eigenvalue weighted by atomic mass is 16.1. The van der Waals surface area contributed by atoms with Crippen LogP contribution >= 0.6 is 0 Å². The van der Waals surface area contributed by atoms with Crippen LogP contribution in [0.1, 0.15) is 24.8 Å². The number of para-hydroxylation sites is 1. The predicted octanol–water partition coefficient (Wildman–Crippen LogP) is 1.58. The Morgan fingerprint density at radius 3 is 2.96 bits per heavy atom. The fourth-order valence-electron chi connectivity index (χ4n) is 4.20. The van der Waals surface area contributed by atoms with E-state index in [0.717, 1.165) is 36.5 Å². The zero-order valence-corrected chi connectivity index (χ0v) is 13.8. The van der Waals surface area contributed by atoms with Gasteiger partial charge in [0.1, 0.15) is 0 Å². The van der Waals surface area contributed by atoms with Gasteiger partial charge >= 0.3 is 5.69 Å². The Labute approximate surface area is 136 Å². The first kappa shape index (κ1) is 15.0. The molecule has 0 spiro atoms. The molecule has 0 saturated carbocycles. The summed E-state index contributed by atoms with van der Waals surface area (Å²) >= 11 is 0. The van der Waals surface area contributed by atoms with Crippen molar-refractivity contribution >= 4 is 11.0 Å². The quantitative estimate of drug-likeness (QED) is 0.901. The number of imidazole rings is 1. The topological polar surface area (TPSA) is 53.1 Å². The number of likely N-dealkylation sites (N-methyl/N-ethyl adjacent to an activating group) is 1. The summed E-state index contributed by atoms with van der Waals surface area (Å²) in [4.78, 5) is 17.7. The standard InChI is InChI=1S/C18H26N4O/c1-21(10-7-13-5-8-19-9-6-13)15-11-14-3-2-4-16-17(14)22(12-15)18(23)20-16/h2-4,13,15,19H,5-12H2,1H3,(H,20,23)/t15-/m1/s1. The minimum atomic E-state index is 0.0314. The first-order valence-electron chi connectivity index (χ1n) is 8.84. The van der Waals surface area contributed by atoms with Crippen molar-refractivity contribution in [3.63, 3.8) is 0 Å². The third kappa shape index (κ3) is 2.83. The van der Waals surface area contributed by atoms with Crippen LogP contribution in [-0.4, -0.2) is 47.2 Å². The van der Waals surface area contributed by atoms with Gasteiger partial charge in [-0.15, -0.1) is 0 Å². The van der Waals surface area contributed by atoms with E-state index in [9.17, 15) is 4.79 Å². The molecule has 0 amide bonds. The van der Waals surface area contributed by atoms with Gasteiger partial charge in [-0.25, -0.2) is 4.79 Å². The maximum atomic E-state index is 12.2. The lowest BCUT2D eigenvalue weighted by atomic mass is 9.93. The van der Waals surface area contributed by atoms with Crippen molar-refractivity contribution in [2.45, 2.75) is 38.3 Å². The summed E-state index contributed by atoms with van der Waals surface area (Å²) in [5.74, 6) is 0.858. The van der Waals surface area contributed by atoms with Crippen molar-refractivity contribution in [1.29, 1.82) is 0 Å². The Kier molecular flexibility index (Phi) is 3.99. The van der Waals surface area contributed by atoms with Crippen LogP contribution < -0.4 is 11.0 Å². The van der Waals surface area contributed by atoms with E-state index in [2.05, 4.69) is 34.4 Å². The number of H-pyrrole nitrogens is 1. The summed E-state index contributed by atoms with van der Waals surface area (Å²) in [7, 11) is 2.22. The number of hydrogen-bond donors (Lipinski definition) is 2. The summed E-state index contributed by atoms with van der Waals surface area (Å²) in [5, 5.41) is 3.44. The normalized spacial score (nSPS) is 22.1. The molecule has 23 heavy (non-hydrogen) atoms. The van der Waals surface area contributed by atoms with Crippen molar-refractivity contribution in [3.8, 4) is 0 Å². The molecule has 1 saturated heterocycles. The van der Waals surface area contributed by atoms with Crippen molar-refractivity contribution in [2.24, 2.45) is 5.92 Å². The highest BCUT2D eigenvalue weighted by molar-refractivity contribution is 5.79. The van der Waals surface area contributed by atoms with Crippen LogP contribution in [0.3, 0.4) is 0 Å². The van der Waals surface area contributed by atoms with E-state index in [0.29, 0.717) is 6.04 Å². The lowest BCUT2D eigenvalue weighted by Gasteiger charge is -2.33. The summed E-state index contributed by atoms with van der Waals surface area (Å²) < 4.78 is 1.93. The van der Waals surface area contributed by atoms with Gasteiger partial charge < -0.3 is 15.2 Å². The van der Waals surface area contributed by atoms with E-state index in [1.54, 1.807) is 0 Å². The van der Waals surface area contributed by atoms with Gasteiger partial charge in [0, 0.05) is 12.6 Å². The van der Waals surface area contributed by atoms with Gasteiger partial charge in [-0.05, 0) is 69.9 Å². The molecule has 1 aromatic carbocycles. The Bertz CT molecular complexity index is 741. The van der Waals surface area contributed by atoms with E-state index in [1.165, 1.54) is 37.9 Å². The third-order valence-electron chi connectivity index (χ3n) is 5.70. The van der Waals surface area contributed by atoms with Gasteiger partial charge in [0.15, 0.2) is 0 Å². The van der Waals surface area contributed by atoms with E-state index >= 15 is 0 Å². The number of nitrogens with one attached hydrogen (secondary N) is 2. The zero-order chi connectivity index (χ0) is 15.8. The fourth-order valence-corrected chi connectivity index (χ4v) is 4.20. The minimum Gasteiger partial charge on any atom is -0.317 e. The molecule has 0 bridgehead atoms. The highest BCUT2D eigenvalue weighted by Crippen LogP contribution is 2.25. The van der Waals surface area contributed by atoms with Crippen LogP contribution in [0.4, 0.5) is 0 Å². The Morgan fingerprint density at radius 2 is 2.13 bits per heavy atom. The Hall–Kier alpha value is -1.59. The van der Waals surface area contributed by atoms with E-state index in [-0.39, 0.29) is 5.69 Å². The van der Waals surface area contributed by atoms with Gasteiger partial charge in [0.2, 0.25) is 0 Å². The number of rotatable bonds is 4. The highest BCUT2D eigenvalue weighted by Gasteiger charge is 2.26. The number of aromatic nitrogens is 2. The van der Waals surface area contributed by atoms with Crippen LogP contribution in [0.25, 0.3) is 11.0 Å². The molecule has 1 fully saturated rings. The molecule has 2 aliphatic rings. The monoisotopic (exact) mass is 314 g/mol. The van der Waals surface area contributed by atoms with E-state index in [1.807, 2.05) is 10.6 Å². The molecule has 5 nitrogen and oxygen atoms in total.